The van der Waals surface area contributed by atoms with E-state index in [2.05, 4.69) is 5.32 Å². The first-order chi connectivity index (χ1) is 17.1. The zero-order valence-corrected chi connectivity index (χ0v) is 21.5. The van der Waals surface area contributed by atoms with Gasteiger partial charge in [0, 0.05) is 13.1 Å². The van der Waals surface area contributed by atoms with Crippen LogP contribution in [0.1, 0.15) is 19.4 Å². The van der Waals surface area contributed by atoms with E-state index in [4.69, 9.17) is 11.6 Å². The number of hydrogen-bond donors (Lipinski definition) is 1. The van der Waals surface area contributed by atoms with Gasteiger partial charge in [-0.05, 0) is 55.8 Å². The molecule has 0 heterocycles. The molecule has 190 valence electrons. The van der Waals surface area contributed by atoms with E-state index in [1.807, 2.05) is 0 Å². The number of para-hydroxylation sites is 1. The van der Waals surface area contributed by atoms with Gasteiger partial charge in [0.05, 0.1) is 15.6 Å². The van der Waals surface area contributed by atoms with Crippen molar-refractivity contribution in [1.82, 2.24) is 10.2 Å². The van der Waals surface area contributed by atoms with E-state index in [9.17, 15) is 22.4 Å². The van der Waals surface area contributed by atoms with Crippen LogP contribution in [0.25, 0.3) is 0 Å². The molecule has 0 saturated carbocycles. The van der Waals surface area contributed by atoms with Gasteiger partial charge in [0.1, 0.15) is 18.4 Å². The number of halogens is 2. The van der Waals surface area contributed by atoms with Gasteiger partial charge in [-0.1, -0.05) is 54.1 Å². The number of benzene rings is 3. The van der Waals surface area contributed by atoms with Crippen molar-refractivity contribution < 1.29 is 22.4 Å². The van der Waals surface area contributed by atoms with Crippen molar-refractivity contribution in [2.75, 3.05) is 17.4 Å². The molecule has 0 aliphatic rings. The lowest BCUT2D eigenvalue weighted by atomic mass is 10.1. The molecule has 0 fully saturated rings. The van der Waals surface area contributed by atoms with Crippen LogP contribution in [0.3, 0.4) is 0 Å². The average molecular weight is 532 g/mol. The smallest absolute Gasteiger partial charge is 0.264 e. The monoisotopic (exact) mass is 531 g/mol. The highest BCUT2D eigenvalue weighted by atomic mass is 35.5. The first-order valence-electron chi connectivity index (χ1n) is 11.3. The topological polar surface area (TPSA) is 86.8 Å². The van der Waals surface area contributed by atoms with Gasteiger partial charge in [-0.2, -0.15) is 0 Å². The maximum absolute atomic E-state index is 13.7. The lowest BCUT2D eigenvalue weighted by Crippen LogP contribution is -2.51. The Kier molecular flexibility index (Phi) is 9.06. The highest BCUT2D eigenvalue weighted by Gasteiger charge is 2.33. The molecule has 0 aliphatic carbocycles. The normalized spacial score (nSPS) is 12.0. The van der Waals surface area contributed by atoms with Crippen molar-refractivity contribution in [2.45, 2.75) is 31.3 Å². The molecule has 2 amide bonds. The summed E-state index contributed by atoms with van der Waals surface area (Å²) in [6.07, 6.45) is 0. The molecule has 1 unspecified atom stereocenters. The second-order valence-corrected chi connectivity index (χ2v) is 10.3. The molecule has 0 aromatic heterocycles. The Bertz CT molecular complexity index is 1300. The third kappa shape index (κ3) is 6.41. The number of carbonyl (C=O) groups is 2. The van der Waals surface area contributed by atoms with Gasteiger partial charge < -0.3 is 10.2 Å². The summed E-state index contributed by atoms with van der Waals surface area (Å²) in [4.78, 5) is 27.6. The van der Waals surface area contributed by atoms with E-state index in [1.165, 1.54) is 53.4 Å². The number of likely N-dealkylation sites (N-methyl/N-ethyl adjacent to an activating group) is 1. The van der Waals surface area contributed by atoms with Crippen molar-refractivity contribution in [3.8, 4) is 0 Å². The molecule has 3 aromatic rings. The Morgan fingerprint density at radius 2 is 1.58 bits per heavy atom. The summed E-state index contributed by atoms with van der Waals surface area (Å²) in [7, 11) is -4.19. The van der Waals surface area contributed by atoms with Crippen LogP contribution in [0.15, 0.2) is 83.8 Å². The van der Waals surface area contributed by atoms with Crippen molar-refractivity contribution in [1.29, 1.82) is 0 Å². The fourth-order valence-corrected chi connectivity index (χ4v) is 5.32. The zero-order valence-electron chi connectivity index (χ0n) is 19.9. The average Bonchev–Trinajstić information content (AvgIpc) is 2.87. The van der Waals surface area contributed by atoms with Crippen LogP contribution < -0.4 is 9.62 Å². The van der Waals surface area contributed by atoms with Crippen molar-refractivity contribution in [3.05, 3.63) is 95.3 Å². The third-order valence-electron chi connectivity index (χ3n) is 5.52. The van der Waals surface area contributed by atoms with E-state index in [0.29, 0.717) is 12.1 Å². The second-order valence-electron chi connectivity index (χ2n) is 7.99. The number of nitrogens with zero attached hydrogens (tertiary/aromatic N) is 2. The Morgan fingerprint density at radius 3 is 2.19 bits per heavy atom. The van der Waals surface area contributed by atoms with Crippen LogP contribution in [0.4, 0.5) is 10.1 Å². The Labute approximate surface area is 215 Å². The Hall–Kier alpha value is -3.43. The quantitative estimate of drug-likeness (QED) is 0.424. The molecule has 1 atom stereocenters. The number of carbonyl (C=O) groups excluding carboxylic acids is 2. The van der Waals surface area contributed by atoms with Gasteiger partial charge in [0.15, 0.2) is 0 Å². The fourth-order valence-electron chi connectivity index (χ4n) is 3.58. The summed E-state index contributed by atoms with van der Waals surface area (Å²) >= 11 is 6.34. The number of amides is 2. The standard InChI is InChI=1S/C26H27ClFN3O4S/c1-3-29-26(33)19(2)30(17-20-13-15-21(28)16-14-20)25(32)18-31(24-12-8-7-11-23(24)27)36(34,35)22-9-5-4-6-10-22/h4-16,19H,3,17-18H2,1-2H3,(H,29,33). The summed E-state index contributed by atoms with van der Waals surface area (Å²) in [6.45, 7) is 3.03. The molecule has 0 bridgehead atoms. The van der Waals surface area contributed by atoms with E-state index in [1.54, 1.807) is 44.2 Å². The maximum Gasteiger partial charge on any atom is 0.264 e. The second kappa shape index (κ2) is 12.0. The first-order valence-corrected chi connectivity index (χ1v) is 13.1. The Morgan fingerprint density at radius 1 is 0.972 bits per heavy atom. The predicted octanol–water partition coefficient (Wildman–Crippen LogP) is 4.23. The fraction of sp³-hybridized carbons (Fsp3) is 0.231. The lowest BCUT2D eigenvalue weighted by Gasteiger charge is -2.32. The minimum atomic E-state index is -4.19. The van der Waals surface area contributed by atoms with Crippen LogP contribution in [0, 0.1) is 5.82 Å². The van der Waals surface area contributed by atoms with Gasteiger partial charge in [0.25, 0.3) is 10.0 Å². The summed E-state index contributed by atoms with van der Waals surface area (Å²) < 4.78 is 41.6. The molecular formula is C26H27ClFN3O4S. The SMILES string of the molecule is CCNC(=O)C(C)N(Cc1ccc(F)cc1)C(=O)CN(c1ccccc1Cl)S(=O)(=O)c1ccccc1. The molecule has 3 rings (SSSR count). The number of rotatable bonds is 10. The first kappa shape index (κ1) is 27.2. The summed E-state index contributed by atoms with van der Waals surface area (Å²) in [6, 6.07) is 18.6. The number of sulfonamides is 1. The Balaban J connectivity index is 2.02. The number of nitrogens with one attached hydrogen (secondary N) is 1. The van der Waals surface area contributed by atoms with E-state index in [0.717, 1.165) is 4.31 Å². The van der Waals surface area contributed by atoms with Gasteiger partial charge in [-0.25, -0.2) is 12.8 Å². The molecule has 0 aliphatic heterocycles. The highest BCUT2D eigenvalue weighted by molar-refractivity contribution is 7.92. The van der Waals surface area contributed by atoms with Crippen LogP contribution in [-0.2, 0) is 26.2 Å². The minimum Gasteiger partial charge on any atom is -0.355 e. The molecule has 0 radical (unpaired) electrons. The predicted molar refractivity (Wildman–Crippen MR) is 138 cm³/mol. The van der Waals surface area contributed by atoms with Gasteiger partial charge in [-0.15, -0.1) is 0 Å². The molecule has 3 aromatic carbocycles. The molecule has 10 heteroatoms. The molecule has 0 saturated heterocycles. The highest BCUT2D eigenvalue weighted by Crippen LogP contribution is 2.30. The van der Waals surface area contributed by atoms with Gasteiger partial charge in [-0.3, -0.25) is 13.9 Å². The van der Waals surface area contributed by atoms with Crippen LogP contribution in [0.5, 0.6) is 0 Å². The minimum absolute atomic E-state index is 0.0143. The number of anilines is 1. The molecule has 1 N–H and O–H groups in total. The van der Waals surface area contributed by atoms with Gasteiger partial charge in [0.2, 0.25) is 11.8 Å². The summed E-state index contributed by atoms with van der Waals surface area (Å²) in [5, 5.41) is 2.83. The molecule has 36 heavy (non-hydrogen) atoms. The molecule has 7 nitrogen and oxygen atoms in total. The van der Waals surface area contributed by atoms with Gasteiger partial charge >= 0.3 is 0 Å². The van der Waals surface area contributed by atoms with Crippen molar-refractivity contribution >= 4 is 39.1 Å². The summed E-state index contributed by atoms with van der Waals surface area (Å²) in [5.41, 5.74) is 0.708. The lowest BCUT2D eigenvalue weighted by molar-refractivity contribution is -0.139. The third-order valence-corrected chi connectivity index (χ3v) is 7.61. The van der Waals surface area contributed by atoms with E-state index in [-0.39, 0.29) is 22.2 Å². The van der Waals surface area contributed by atoms with Crippen LogP contribution >= 0.6 is 11.6 Å². The molecular weight excluding hydrogens is 505 g/mol. The maximum atomic E-state index is 13.7. The van der Waals surface area contributed by atoms with Crippen LogP contribution in [-0.4, -0.2) is 44.3 Å². The molecule has 0 spiro atoms. The van der Waals surface area contributed by atoms with Crippen molar-refractivity contribution in [3.63, 3.8) is 0 Å². The van der Waals surface area contributed by atoms with E-state index < -0.39 is 40.2 Å². The van der Waals surface area contributed by atoms with Crippen molar-refractivity contribution in [2.24, 2.45) is 0 Å². The van der Waals surface area contributed by atoms with Crippen LogP contribution in [0.2, 0.25) is 5.02 Å². The van der Waals surface area contributed by atoms with E-state index >= 15 is 0 Å². The number of hydrogen-bond acceptors (Lipinski definition) is 4. The largest absolute Gasteiger partial charge is 0.355 e. The zero-order chi connectivity index (χ0) is 26.3. The summed E-state index contributed by atoms with van der Waals surface area (Å²) in [5.74, 6) is -1.46.